The molecule has 0 aliphatic carbocycles. The van der Waals surface area contributed by atoms with Gasteiger partial charge in [0.2, 0.25) is 0 Å². The predicted molar refractivity (Wildman–Crippen MR) is 71.8 cm³/mol. The molecule has 16 heavy (non-hydrogen) atoms. The number of hydrogen-bond acceptors (Lipinski definition) is 4. The molecule has 5 heteroatoms. The average Bonchev–Trinajstić information content (AvgIpc) is 2.79. The third-order valence-electron chi connectivity index (χ3n) is 2.14. The Morgan fingerprint density at radius 1 is 1.44 bits per heavy atom. The van der Waals surface area contributed by atoms with Gasteiger partial charge in [-0.05, 0) is 12.1 Å². The summed E-state index contributed by atoms with van der Waals surface area (Å²) in [4.78, 5) is 4.60. The highest BCUT2D eigenvalue weighted by Gasteiger charge is 2.03. The average molecular weight is 249 g/mol. The van der Waals surface area contributed by atoms with Crippen molar-refractivity contribution in [2.45, 2.75) is 6.54 Å². The molecular formula is C11H11N3S2. The highest BCUT2D eigenvalue weighted by molar-refractivity contribution is 7.80. The number of rotatable bonds is 4. The number of anilines is 1. The predicted octanol–water partition coefficient (Wildman–Crippen LogP) is 2.39. The summed E-state index contributed by atoms with van der Waals surface area (Å²) in [5, 5.41) is 5.28. The normalized spacial score (nSPS) is 10.0. The molecule has 0 amide bonds. The third kappa shape index (κ3) is 2.56. The zero-order valence-corrected chi connectivity index (χ0v) is 10.1. The molecule has 2 aromatic rings. The summed E-state index contributed by atoms with van der Waals surface area (Å²) in [5.41, 5.74) is 10.3. The molecule has 3 nitrogen and oxygen atoms in total. The maximum absolute atomic E-state index is 5.64. The summed E-state index contributed by atoms with van der Waals surface area (Å²) in [6, 6.07) is 7.74. The number of thiocarbonyl (C=S) groups is 1. The lowest BCUT2D eigenvalue weighted by Gasteiger charge is -2.09. The topological polar surface area (TPSA) is 50.9 Å². The first-order valence-corrected chi connectivity index (χ1v) is 6.12. The summed E-state index contributed by atoms with van der Waals surface area (Å²) < 4.78 is 0. The SMILES string of the molecule is NC(=S)c1ccccc1NCc1cscn1. The van der Waals surface area contributed by atoms with Crippen molar-refractivity contribution in [3.8, 4) is 0 Å². The highest BCUT2D eigenvalue weighted by atomic mass is 32.1. The van der Waals surface area contributed by atoms with Crippen molar-refractivity contribution in [3.05, 3.63) is 46.4 Å². The summed E-state index contributed by atoms with van der Waals surface area (Å²) in [6.45, 7) is 0.684. The van der Waals surface area contributed by atoms with E-state index in [4.69, 9.17) is 18.0 Å². The second-order valence-electron chi connectivity index (χ2n) is 3.24. The first kappa shape index (κ1) is 11.0. The Morgan fingerprint density at radius 3 is 2.94 bits per heavy atom. The fourth-order valence-corrected chi connectivity index (χ4v) is 2.10. The van der Waals surface area contributed by atoms with Crippen molar-refractivity contribution in [1.82, 2.24) is 4.98 Å². The lowest BCUT2D eigenvalue weighted by Crippen LogP contribution is -2.13. The lowest BCUT2D eigenvalue weighted by molar-refractivity contribution is 1.07. The fraction of sp³-hybridized carbons (Fsp3) is 0.0909. The summed E-state index contributed by atoms with van der Waals surface area (Å²) >= 11 is 6.57. The van der Waals surface area contributed by atoms with Gasteiger partial charge in [-0.25, -0.2) is 4.98 Å². The van der Waals surface area contributed by atoms with Gasteiger partial charge in [-0.3, -0.25) is 0 Å². The first-order valence-electron chi connectivity index (χ1n) is 4.77. The number of para-hydroxylation sites is 1. The van der Waals surface area contributed by atoms with Gasteiger partial charge in [0.25, 0.3) is 0 Å². The molecule has 0 saturated heterocycles. The van der Waals surface area contributed by atoms with Crippen molar-refractivity contribution < 1.29 is 0 Å². The molecule has 0 radical (unpaired) electrons. The molecule has 1 aromatic carbocycles. The molecule has 1 aromatic heterocycles. The van der Waals surface area contributed by atoms with Crippen molar-refractivity contribution in [1.29, 1.82) is 0 Å². The van der Waals surface area contributed by atoms with Crippen LogP contribution in [0.25, 0.3) is 0 Å². The second kappa shape index (κ2) is 5.05. The van der Waals surface area contributed by atoms with E-state index in [0.29, 0.717) is 11.5 Å². The number of nitrogens with zero attached hydrogens (tertiary/aromatic N) is 1. The number of nitrogens with one attached hydrogen (secondary N) is 1. The maximum Gasteiger partial charge on any atom is 0.106 e. The Labute approximate surface area is 103 Å². The minimum absolute atomic E-state index is 0.404. The van der Waals surface area contributed by atoms with E-state index < -0.39 is 0 Å². The minimum Gasteiger partial charge on any atom is -0.389 e. The summed E-state index contributed by atoms with van der Waals surface area (Å²) in [7, 11) is 0. The van der Waals surface area contributed by atoms with Crippen molar-refractivity contribution in [3.63, 3.8) is 0 Å². The van der Waals surface area contributed by atoms with E-state index in [2.05, 4.69) is 10.3 Å². The Kier molecular flexibility index (Phi) is 3.48. The van der Waals surface area contributed by atoms with Crippen LogP contribution in [0, 0.1) is 0 Å². The Balaban J connectivity index is 2.12. The van der Waals surface area contributed by atoms with Crippen LogP contribution in [0.3, 0.4) is 0 Å². The maximum atomic E-state index is 5.64. The molecule has 0 spiro atoms. The molecule has 82 valence electrons. The van der Waals surface area contributed by atoms with Gasteiger partial charge in [0, 0.05) is 16.6 Å². The first-order chi connectivity index (χ1) is 7.77. The Bertz CT molecular complexity index is 480. The number of aromatic nitrogens is 1. The molecule has 0 fully saturated rings. The number of nitrogens with two attached hydrogens (primary N) is 1. The molecule has 0 atom stereocenters. The van der Waals surface area contributed by atoms with E-state index in [1.165, 1.54) is 0 Å². The van der Waals surface area contributed by atoms with Gasteiger partial charge in [-0.2, -0.15) is 0 Å². The fourth-order valence-electron chi connectivity index (χ4n) is 1.36. The molecule has 2 rings (SSSR count). The van der Waals surface area contributed by atoms with E-state index in [1.807, 2.05) is 35.2 Å². The summed E-state index contributed by atoms with van der Waals surface area (Å²) in [6.07, 6.45) is 0. The van der Waals surface area contributed by atoms with Crippen LogP contribution < -0.4 is 11.1 Å². The van der Waals surface area contributed by atoms with E-state index in [1.54, 1.807) is 11.3 Å². The summed E-state index contributed by atoms with van der Waals surface area (Å²) in [5.74, 6) is 0. The van der Waals surface area contributed by atoms with Crippen LogP contribution >= 0.6 is 23.6 Å². The van der Waals surface area contributed by atoms with Crippen LogP contribution in [0.4, 0.5) is 5.69 Å². The number of hydrogen-bond donors (Lipinski definition) is 2. The van der Waals surface area contributed by atoms with E-state index in [9.17, 15) is 0 Å². The van der Waals surface area contributed by atoms with Gasteiger partial charge in [-0.1, -0.05) is 24.4 Å². The molecule has 0 saturated carbocycles. The lowest BCUT2D eigenvalue weighted by atomic mass is 10.2. The van der Waals surface area contributed by atoms with Crippen LogP contribution in [-0.4, -0.2) is 9.97 Å². The van der Waals surface area contributed by atoms with Gasteiger partial charge < -0.3 is 11.1 Å². The molecule has 3 N–H and O–H groups in total. The van der Waals surface area contributed by atoms with Gasteiger partial charge >= 0.3 is 0 Å². The van der Waals surface area contributed by atoms with Crippen LogP contribution in [-0.2, 0) is 6.54 Å². The minimum atomic E-state index is 0.404. The molecule has 0 aliphatic heterocycles. The number of benzene rings is 1. The van der Waals surface area contributed by atoms with E-state index >= 15 is 0 Å². The van der Waals surface area contributed by atoms with E-state index in [-0.39, 0.29) is 0 Å². The zero-order chi connectivity index (χ0) is 11.4. The third-order valence-corrected chi connectivity index (χ3v) is 2.99. The zero-order valence-electron chi connectivity index (χ0n) is 8.51. The van der Waals surface area contributed by atoms with Crippen molar-refractivity contribution >= 4 is 34.2 Å². The van der Waals surface area contributed by atoms with Gasteiger partial charge in [0.05, 0.1) is 17.7 Å². The standard InChI is InChI=1S/C11H11N3S2/c12-11(15)9-3-1-2-4-10(9)13-5-8-6-16-7-14-8/h1-4,6-7,13H,5H2,(H2,12,15). The molecule has 0 bridgehead atoms. The van der Waals surface area contributed by atoms with Gasteiger partial charge in [0.15, 0.2) is 0 Å². The largest absolute Gasteiger partial charge is 0.389 e. The molecular weight excluding hydrogens is 238 g/mol. The van der Waals surface area contributed by atoms with Crippen LogP contribution in [0.5, 0.6) is 0 Å². The Hall–Kier alpha value is -1.46. The van der Waals surface area contributed by atoms with Crippen LogP contribution in [0.1, 0.15) is 11.3 Å². The molecule has 1 heterocycles. The van der Waals surface area contributed by atoms with Crippen LogP contribution in [0.15, 0.2) is 35.2 Å². The monoisotopic (exact) mass is 249 g/mol. The van der Waals surface area contributed by atoms with Crippen molar-refractivity contribution in [2.24, 2.45) is 5.73 Å². The van der Waals surface area contributed by atoms with Gasteiger partial charge in [-0.15, -0.1) is 11.3 Å². The van der Waals surface area contributed by atoms with Gasteiger partial charge in [0.1, 0.15) is 4.99 Å². The smallest absolute Gasteiger partial charge is 0.106 e. The van der Waals surface area contributed by atoms with Crippen molar-refractivity contribution in [2.75, 3.05) is 5.32 Å². The molecule has 0 aliphatic rings. The quantitative estimate of drug-likeness (QED) is 0.817. The Morgan fingerprint density at radius 2 is 2.25 bits per heavy atom. The van der Waals surface area contributed by atoms with Crippen LogP contribution in [0.2, 0.25) is 0 Å². The molecule has 0 unspecified atom stereocenters. The number of thiazole rings is 1. The van der Waals surface area contributed by atoms with E-state index in [0.717, 1.165) is 16.9 Å². The second-order valence-corrected chi connectivity index (χ2v) is 4.40. The highest BCUT2D eigenvalue weighted by Crippen LogP contribution is 2.15.